The van der Waals surface area contributed by atoms with Gasteiger partial charge < -0.3 is 14.6 Å². The van der Waals surface area contributed by atoms with Crippen LogP contribution in [-0.2, 0) is 11.3 Å². The lowest BCUT2D eigenvalue weighted by atomic mass is 10.2. The molecule has 0 spiro atoms. The molecule has 0 aliphatic heterocycles. The van der Waals surface area contributed by atoms with Crippen LogP contribution in [0.25, 0.3) is 27.6 Å². The molecule has 1 N–H and O–H groups in total. The molecule has 1 amide bonds. The van der Waals surface area contributed by atoms with E-state index in [1.165, 1.54) is 29.5 Å². The van der Waals surface area contributed by atoms with Gasteiger partial charge in [0.15, 0.2) is 5.58 Å². The molecule has 2 heterocycles. The van der Waals surface area contributed by atoms with Crippen LogP contribution >= 0.6 is 11.3 Å². The van der Waals surface area contributed by atoms with Crippen molar-refractivity contribution in [3.63, 3.8) is 0 Å². The first-order valence-corrected chi connectivity index (χ1v) is 10.8. The molecule has 4 aromatic rings. The van der Waals surface area contributed by atoms with Crippen LogP contribution in [0.1, 0.15) is 4.88 Å². The number of likely N-dealkylation sites (N-methyl/N-ethyl adjacent to an activating group) is 1. The molecule has 0 aliphatic rings. The number of nitrogens with one attached hydrogen (secondary N) is 1. The van der Waals surface area contributed by atoms with E-state index in [2.05, 4.69) is 5.32 Å². The highest BCUT2D eigenvalue weighted by Gasteiger charge is 2.11. The van der Waals surface area contributed by atoms with E-state index in [1.54, 1.807) is 41.0 Å². The standard InChI is InChI=1S/C24H22FN3O3S/c1-27(2)13-14-28-20-15-18(7-10-21(20)31-24(28)30)26-23(29)12-9-19-8-11-22(32-19)16-3-5-17(25)6-4-16/h3-12,15H,13-14H2,1-2H3,(H,26,29)/b12-9+. The SMILES string of the molecule is CN(C)CCn1c(=O)oc2ccc(NC(=O)/C=C/c3ccc(-c4ccc(F)cc4)s3)cc21. The van der Waals surface area contributed by atoms with Crippen LogP contribution in [0.3, 0.4) is 0 Å². The van der Waals surface area contributed by atoms with E-state index in [1.807, 2.05) is 31.1 Å². The minimum Gasteiger partial charge on any atom is -0.408 e. The molecular weight excluding hydrogens is 429 g/mol. The number of amides is 1. The second-order valence-corrected chi connectivity index (χ2v) is 8.65. The second kappa shape index (κ2) is 9.33. The maximum Gasteiger partial charge on any atom is 0.419 e. The maximum absolute atomic E-state index is 13.1. The average molecular weight is 452 g/mol. The Balaban J connectivity index is 1.46. The van der Waals surface area contributed by atoms with Crippen LogP contribution in [-0.4, -0.2) is 36.0 Å². The lowest BCUT2D eigenvalue weighted by Crippen LogP contribution is -2.23. The van der Waals surface area contributed by atoms with Crippen molar-refractivity contribution >= 4 is 40.1 Å². The Morgan fingerprint density at radius 1 is 1.16 bits per heavy atom. The van der Waals surface area contributed by atoms with Crippen LogP contribution < -0.4 is 11.1 Å². The number of fused-ring (bicyclic) bond motifs is 1. The smallest absolute Gasteiger partial charge is 0.408 e. The Hall–Kier alpha value is -3.49. The van der Waals surface area contributed by atoms with E-state index < -0.39 is 5.76 Å². The van der Waals surface area contributed by atoms with Crippen molar-refractivity contribution in [2.75, 3.05) is 26.0 Å². The fraction of sp³-hybridized carbons (Fsp3) is 0.167. The summed E-state index contributed by atoms with van der Waals surface area (Å²) in [5, 5.41) is 2.82. The Bertz CT molecular complexity index is 1330. The highest BCUT2D eigenvalue weighted by atomic mass is 32.1. The molecule has 0 bridgehead atoms. The van der Waals surface area contributed by atoms with Crippen LogP contribution in [0.2, 0.25) is 0 Å². The molecule has 32 heavy (non-hydrogen) atoms. The number of anilines is 1. The molecule has 4 rings (SSSR count). The highest BCUT2D eigenvalue weighted by molar-refractivity contribution is 7.16. The van der Waals surface area contributed by atoms with E-state index in [9.17, 15) is 14.0 Å². The first-order valence-electron chi connectivity index (χ1n) is 10.0. The van der Waals surface area contributed by atoms with Gasteiger partial charge in [-0.25, -0.2) is 9.18 Å². The minimum absolute atomic E-state index is 0.273. The lowest BCUT2D eigenvalue weighted by molar-refractivity contribution is -0.111. The molecule has 2 aromatic heterocycles. The summed E-state index contributed by atoms with van der Waals surface area (Å²) < 4.78 is 19.9. The number of hydrogen-bond acceptors (Lipinski definition) is 5. The van der Waals surface area contributed by atoms with Gasteiger partial charge in [0.2, 0.25) is 5.91 Å². The molecule has 8 heteroatoms. The zero-order chi connectivity index (χ0) is 22.7. The largest absolute Gasteiger partial charge is 0.419 e. The van der Waals surface area contributed by atoms with Crippen molar-refractivity contribution in [1.29, 1.82) is 0 Å². The first kappa shape index (κ1) is 21.7. The molecule has 0 saturated heterocycles. The maximum atomic E-state index is 13.1. The Morgan fingerprint density at radius 3 is 2.69 bits per heavy atom. The van der Waals surface area contributed by atoms with Crippen molar-refractivity contribution < 1.29 is 13.6 Å². The molecule has 164 valence electrons. The molecule has 0 atom stereocenters. The number of aromatic nitrogens is 1. The van der Waals surface area contributed by atoms with E-state index in [4.69, 9.17) is 4.42 Å². The summed E-state index contributed by atoms with van der Waals surface area (Å²) in [6, 6.07) is 15.3. The van der Waals surface area contributed by atoms with Gasteiger partial charge in [-0.3, -0.25) is 9.36 Å². The number of carbonyl (C=O) groups is 1. The Kier molecular flexibility index (Phi) is 6.34. The summed E-state index contributed by atoms with van der Waals surface area (Å²) in [6.07, 6.45) is 3.19. The predicted octanol–water partition coefficient (Wildman–Crippen LogP) is 4.68. The fourth-order valence-corrected chi connectivity index (χ4v) is 4.12. The fourth-order valence-electron chi connectivity index (χ4n) is 3.21. The van der Waals surface area contributed by atoms with Gasteiger partial charge in [-0.2, -0.15) is 0 Å². The summed E-state index contributed by atoms with van der Waals surface area (Å²) in [7, 11) is 3.86. The molecule has 0 unspecified atom stereocenters. The van der Waals surface area contributed by atoms with Crippen LogP contribution in [0, 0.1) is 5.82 Å². The zero-order valence-electron chi connectivity index (χ0n) is 17.7. The monoisotopic (exact) mass is 451 g/mol. The van der Waals surface area contributed by atoms with Gasteiger partial charge in [0, 0.05) is 34.6 Å². The number of nitrogens with zero attached hydrogens (tertiary/aromatic N) is 2. The van der Waals surface area contributed by atoms with Gasteiger partial charge in [-0.1, -0.05) is 12.1 Å². The van der Waals surface area contributed by atoms with Gasteiger partial charge in [-0.15, -0.1) is 11.3 Å². The second-order valence-electron chi connectivity index (χ2n) is 7.54. The van der Waals surface area contributed by atoms with Crippen molar-refractivity contribution in [3.8, 4) is 10.4 Å². The number of carbonyl (C=O) groups excluding carboxylic acids is 1. The van der Waals surface area contributed by atoms with Gasteiger partial charge in [0.1, 0.15) is 5.82 Å². The van der Waals surface area contributed by atoms with Crippen molar-refractivity contribution in [2.24, 2.45) is 0 Å². The normalized spacial score (nSPS) is 11.6. The van der Waals surface area contributed by atoms with Gasteiger partial charge in [0.05, 0.1) is 5.52 Å². The molecule has 0 radical (unpaired) electrons. The number of thiophene rings is 1. The number of rotatable bonds is 7. The summed E-state index contributed by atoms with van der Waals surface area (Å²) in [6.45, 7) is 1.18. The van der Waals surface area contributed by atoms with Crippen molar-refractivity contribution in [2.45, 2.75) is 6.54 Å². The van der Waals surface area contributed by atoms with Crippen LogP contribution in [0.4, 0.5) is 10.1 Å². The Morgan fingerprint density at radius 2 is 1.94 bits per heavy atom. The molecule has 2 aromatic carbocycles. The van der Waals surface area contributed by atoms with Crippen molar-refractivity contribution in [1.82, 2.24) is 9.47 Å². The molecule has 0 saturated carbocycles. The third-order valence-electron chi connectivity index (χ3n) is 4.86. The summed E-state index contributed by atoms with van der Waals surface area (Å²) in [4.78, 5) is 28.4. The third-order valence-corrected chi connectivity index (χ3v) is 5.96. The average Bonchev–Trinajstić information content (AvgIpc) is 3.35. The quantitative estimate of drug-likeness (QED) is 0.415. The minimum atomic E-state index is -0.417. The third kappa shape index (κ3) is 5.04. The van der Waals surface area contributed by atoms with Crippen molar-refractivity contribution in [3.05, 3.63) is 81.9 Å². The van der Waals surface area contributed by atoms with Gasteiger partial charge in [-0.05, 0) is 68.2 Å². The number of oxazole rings is 1. The number of hydrogen-bond donors (Lipinski definition) is 1. The first-order chi connectivity index (χ1) is 15.4. The number of halogens is 1. The van der Waals surface area contributed by atoms with E-state index >= 15 is 0 Å². The molecular formula is C24H22FN3O3S. The summed E-state index contributed by atoms with van der Waals surface area (Å²) in [5.41, 5.74) is 2.62. The van der Waals surface area contributed by atoms with Crippen LogP contribution in [0.15, 0.2) is 69.9 Å². The van der Waals surface area contributed by atoms with Crippen LogP contribution in [0.5, 0.6) is 0 Å². The lowest BCUT2D eigenvalue weighted by Gasteiger charge is -2.09. The van der Waals surface area contributed by atoms with E-state index in [0.717, 1.165) is 15.3 Å². The zero-order valence-corrected chi connectivity index (χ0v) is 18.5. The summed E-state index contributed by atoms with van der Waals surface area (Å²) >= 11 is 1.51. The van der Waals surface area contributed by atoms with E-state index in [0.29, 0.717) is 29.9 Å². The topological polar surface area (TPSA) is 67.5 Å². The van der Waals surface area contributed by atoms with Gasteiger partial charge >= 0.3 is 5.76 Å². The summed E-state index contributed by atoms with van der Waals surface area (Å²) in [5.74, 6) is -0.975. The molecule has 6 nitrogen and oxygen atoms in total. The van der Waals surface area contributed by atoms with E-state index in [-0.39, 0.29) is 11.7 Å². The highest BCUT2D eigenvalue weighted by Crippen LogP contribution is 2.29. The predicted molar refractivity (Wildman–Crippen MR) is 126 cm³/mol. The Labute approximate surface area is 188 Å². The van der Waals surface area contributed by atoms with Gasteiger partial charge in [0.25, 0.3) is 0 Å². The molecule has 0 aliphatic carbocycles. The number of benzene rings is 2. The molecule has 0 fully saturated rings.